The summed E-state index contributed by atoms with van der Waals surface area (Å²) in [4.78, 5) is 13.5. The lowest BCUT2D eigenvalue weighted by molar-refractivity contribution is 0.0592. The Hall–Kier alpha value is -1.65. The van der Waals surface area contributed by atoms with E-state index in [1.165, 1.54) is 13.5 Å². The number of ether oxygens (including phenoxy) is 1. The molecule has 1 aliphatic heterocycles. The maximum atomic E-state index is 11.3. The van der Waals surface area contributed by atoms with E-state index in [1.54, 1.807) is 6.07 Å². The molecule has 2 rings (SSSR count). The minimum absolute atomic E-state index is 0.251. The Morgan fingerprint density at radius 1 is 1.26 bits per heavy atom. The highest BCUT2D eigenvalue weighted by atomic mass is 16.5. The van der Waals surface area contributed by atoms with Gasteiger partial charge in [-0.2, -0.15) is 0 Å². The van der Waals surface area contributed by atoms with Crippen molar-refractivity contribution in [3.05, 3.63) is 17.8 Å². The van der Waals surface area contributed by atoms with Gasteiger partial charge in [-0.3, -0.25) is 0 Å². The van der Waals surface area contributed by atoms with Crippen molar-refractivity contribution in [2.24, 2.45) is 5.41 Å². The highest BCUT2D eigenvalue weighted by molar-refractivity contribution is 5.86. The van der Waals surface area contributed by atoms with E-state index in [-0.39, 0.29) is 5.69 Å². The molecule has 1 aromatic rings. The molecule has 0 N–H and O–H groups in total. The summed E-state index contributed by atoms with van der Waals surface area (Å²) in [6, 6.07) is 3.52. The van der Waals surface area contributed by atoms with Crippen molar-refractivity contribution in [1.82, 2.24) is 10.2 Å². The number of hydrogen-bond acceptors (Lipinski definition) is 5. The molecular formula is C14H21N3O2. The summed E-state index contributed by atoms with van der Waals surface area (Å²) in [5, 5.41) is 8.06. The number of methoxy groups -OCH3 is 1. The van der Waals surface area contributed by atoms with Crippen molar-refractivity contribution in [3.8, 4) is 0 Å². The Labute approximate surface area is 114 Å². The van der Waals surface area contributed by atoms with Gasteiger partial charge in [0.2, 0.25) is 0 Å². The maximum absolute atomic E-state index is 11.3. The number of anilines is 1. The second kappa shape index (κ2) is 5.55. The smallest absolute Gasteiger partial charge is 0.358 e. The molecule has 0 bridgehead atoms. The fraction of sp³-hybridized carbons (Fsp3) is 0.643. The summed E-state index contributed by atoms with van der Waals surface area (Å²) >= 11 is 0. The average Bonchev–Trinajstić information content (AvgIpc) is 2.59. The van der Waals surface area contributed by atoms with Crippen LogP contribution in [-0.4, -0.2) is 36.4 Å². The lowest BCUT2D eigenvalue weighted by atomic mass is 9.85. The van der Waals surface area contributed by atoms with Gasteiger partial charge in [-0.1, -0.05) is 13.8 Å². The normalized spacial score (nSPS) is 18.8. The van der Waals surface area contributed by atoms with Crippen LogP contribution in [-0.2, 0) is 4.74 Å². The van der Waals surface area contributed by atoms with Gasteiger partial charge in [0, 0.05) is 13.1 Å². The predicted octanol–water partition coefficient (Wildman–Crippen LogP) is 2.28. The molecule has 0 saturated carbocycles. The largest absolute Gasteiger partial charge is 0.464 e. The lowest BCUT2D eigenvalue weighted by Crippen LogP contribution is -2.26. The van der Waals surface area contributed by atoms with Gasteiger partial charge >= 0.3 is 5.97 Å². The predicted molar refractivity (Wildman–Crippen MR) is 73.2 cm³/mol. The van der Waals surface area contributed by atoms with Crippen molar-refractivity contribution in [3.63, 3.8) is 0 Å². The van der Waals surface area contributed by atoms with Gasteiger partial charge < -0.3 is 9.64 Å². The third-order valence-corrected chi connectivity index (χ3v) is 3.71. The van der Waals surface area contributed by atoms with Crippen molar-refractivity contribution in [2.75, 3.05) is 25.1 Å². The average molecular weight is 263 g/mol. The van der Waals surface area contributed by atoms with E-state index in [1.807, 2.05) is 6.07 Å². The molecular weight excluding hydrogens is 242 g/mol. The Morgan fingerprint density at radius 2 is 2.05 bits per heavy atom. The van der Waals surface area contributed by atoms with E-state index < -0.39 is 5.97 Å². The van der Waals surface area contributed by atoms with Crippen molar-refractivity contribution in [1.29, 1.82) is 0 Å². The van der Waals surface area contributed by atoms with Crippen LogP contribution in [0.15, 0.2) is 12.1 Å². The van der Waals surface area contributed by atoms with Gasteiger partial charge in [-0.05, 0) is 36.8 Å². The minimum atomic E-state index is -0.448. The van der Waals surface area contributed by atoms with E-state index in [2.05, 4.69) is 33.7 Å². The minimum Gasteiger partial charge on any atom is -0.464 e. The second-order valence-corrected chi connectivity index (χ2v) is 5.77. The zero-order chi connectivity index (χ0) is 13.9. The van der Waals surface area contributed by atoms with E-state index in [0.717, 1.165) is 31.7 Å². The van der Waals surface area contributed by atoms with Crippen LogP contribution in [0.1, 0.15) is 43.6 Å². The van der Waals surface area contributed by atoms with Crippen molar-refractivity contribution < 1.29 is 9.53 Å². The van der Waals surface area contributed by atoms with E-state index >= 15 is 0 Å². The Kier molecular flexibility index (Phi) is 4.02. The SMILES string of the molecule is COC(=O)c1ccc(N2CCCC(C)(C)CC2)nn1. The van der Waals surface area contributed by atoms with Gasteiger partial charge in [0.15, 0.2) is 11.5 Å². The monoisotopic (exact) mass is 263 g/mol. The molecule has 1 saturated heterocycles. The van der Waals surface area contributed by atoms with Crippen molar-refractivity contribution >= 4 is 11.8 Å². The molecule has 0 spiro atoms. The van der Waals surface area contributed by atoms with Crippen LogP contribution in [0.5, 0.6) is 0 Å². The zero-order valence-corrected chi connectivity index (χ0v) is 11.8. The first-order valence-electron chi connectivity index (χ1n) is 6.69. The molecule has 0 unspecified atom stereocenters. The highest BCUT2D eigenvalue weighted by Gasteiger charge is 2.23. The number of aromatic nitrogens is 2. The number of hydrogen-bond donors (Lipinski definition) is 0. The Balaban J connectivity index is 2.08. The van der Waals surface area contributed by atoms with Gasteiger partial charge in [-0.25, -0.2) is 4.79 Å². The number of carbonyl (C=O) groups is 1. The summed E-state index contributed by atoms with van der Waals surface area (Å²) in [5.41, 5.74) is 0.648. The fourth-order valence-electron chi connectivity index (χ4n) is 2.36. The van der Waals surface area contributed by atoms with Crippen LogP contribution < -0.4 is 4.90 Å². The van der Waals surface area contributed by atoms with Crippen LogP contribution >= 0.6 is 0 Å². The van der Waals surface area contributed by atoms with Gasteiger partial charge in [-0.15, -0.1) is 10.2 Å². The zero-order valence-electron chi connectivity index (χ0n) is 11.8. The van der Waals surface area contributed by atoms with Crippen molar-refractivity contribution in [2.45, 2.75) is 33.1 Å². The summed E-state index contributed by atoms with van der Waals surface area (Å²) in [5.74, 6) is 0.390. The maximum Gasteiger partial charge on any atom is 0.358 e. The first kappa shape index (κ1) is 13.8. The number of esters is 1. The molecule has 0 amide bonds. The molecule has 1 fully saturated rings. The summed E-state index contributed by atoms with van der Waals surface area (Å²) in [6.45, 7) is 6.60. The molecule has 104 valence electrons. The third kappa shape index (κ3) is 3.43. The van der Waals surface area contributed by atoms with E-state index in [0.29, 0.717) is 5.41 Å². The van der Waals surface area contributed by atoms with Crippen LogP contribution in [0.3, 0.4) is 0 Å². The molecule has 1 aromatic heterocycles. The first-order chi connectivity index (χ1) is 9.02. The molecule has 0 atom stereocenters. The van der Waals surface area contributed by atoms with E-state index in [4.69, 9.17) is 0 Å². The first-order valence-corrected chi connectivity index (χ1v) is 6.69. The summed E-state index contributed by atoms with van der Waals surface area (Å²) in [7, 11) is 1.34. The Morgan fingerprint density at radius 3 is 2.68 bits per heavy atom. The molecule has 0 aliphatic carbocycles. The van der Waals surface area contributed by atoms with Crippen LogP contribution in [0.2, 0.25) is 0 Å². The molecule has 2 heterocycles. The quantitative estimate of drug-likeness (QED) is 0.766. The molecule has 0 radical (unpaired) electrons. The molecule has 19 heavy (non-hydrogen) atoms. The number of carbonyl (C=O) groups excluding carboxylic acids is 1. The van der Waals surface area contributed by atoms with Crippen LogP contribution in [0.25, 0.3) is 0 Å². The summed E-state index contributed by atoms with van der Waals surface area (Å²) in [6.07, 6.45) is 3.54. The van der Waals surface area contributed by atoms with E-state index in [9.17, 15) is 4.79 Å². The molecule has 1 aliphatic rings. The fourth-order valence-corrected chi connectivity index (χ4v) is 2.36. The number of rotatable bonds is 2. The Bertz CT molecular complexity index is 443. The molecule has 5 heteroatoms. The van der Waals surface area contributed by atoms with Gasteiger partial charge in [0.05, 0.1) is 7.11 Å². The highest BCUT2D eigenvalue weighted by Crippen LogP contribution is 2.30. The van der Waals surface area contributed by atoms with Gasteiger partial charge in [0.25, 0.3) is 0 Å². The molecule has 5 nitrogen and oxygen atoms in total. The summed E-state index contributed by atoms with van der Waals surface area (Å²) < 4.78 is 4.61. The number of nitrogens with zero attached hydrogens (tertiary/aromatic N) is 3. The third-order valence-electron chi connectivity index (χ3n) is 3.71. The molecule has 0 aromatic carbocycles. The van der Waals surface area contributed by atoms with Crippen LogP contribution in [0, 0.1) is 5.41 Å². The lowest BCUT2D eigenvalue weighted by Gasteiger charge is -2.23. The van der Waals surface area contributed by atoms with Gasteiger partial charge in [0.1, 0.15) is 0 Å². The second-order valence-electron chi connectivity index (χ2n) is 5.77. The van der Waals surface area contributed by atoms with Crippen LogP contribution in [0.4, 0.5) is 5.82 Å². The standard InChI is InChI=1S/C14H21N3O2/c1-14(2)7-4-9-17(10-8-14)12-6-5-11(15-16-12)13(18)19-3/h5-6H,4,7-10H2,1-3H3. The topological polar surface area (TPSA) is 55.3 Å².